The van der Waals surface area contributed by atoms with Gasteiger partial charge in [0.15, 0.2) is 0 Å². The van der Waals surface area contributed by atoms with Crippen molar-refractivity contribution in [3.05, 3.63) is 34.6 Å². The Labute approximate surface area is 124 Å². The summed E-state index contributed by atoms with van der Waals surface area (Å²) >= 11 is 5.92. The Bertz CT molecular complexity index is 420. The van der Waals surface area contributed by atoms with E-state index in [2.05, 4.69) is 0 Å². The molecule has 0 aliphatic heterocycles. The van der Waals surface area contributed by atoms with Crippen LogP contribution < -0.4 is 5.73 Å². The molecule has 0 fully saturated rings. The van der Waals surface area contributed by atoms with Crippen molar-refractivity contribution in [1.29, 1.82) is 0 Å². The molecule has 3 nitrogen and oxygen atoms in total. The third-order valence-electron chi connectivity index (χ3n) is 3.01. The van der Waals surface area contributed by atoms with E-state index in [4.69, 9.17) is 17.3 Å². The summed E-state index contributed by atoms with van der Waals surface area (Å²) in [5.74, 6) is -0.833. The number of halogens is 3. The van der Waals surface area contributed by atoms with Gasteiger partial charge in [-0.1, -0.05) is 24.6 Å². The standard InChI is InChI=1S/C13H18ClFN2O.ClH/c1-8(9(2)16)13(18)17(3)7-10-11(14)5-4-6-12(10)15;/h4-6,8-9H,7,16H2,1-3H3;1H. The first-order valence-electron chi connectivity index (χ1n) is 5.78. The lowest BCUT2D eigenvalue weighted by molar-refractivity contribution is -0.134. The van der Waals surface area contributed by atoms with Gasteiger partial charge in [0.25, 0.3) is 0 Å². The molecule has 0 radical (unpaired) electrons. The monoisotopic (exact) mass is 308 g/mol. The second-order valence-electron chi connectivity index (χ2n) is 4.54. The van der Waals surface area contributed by atoms with Crippen LogP contribution in [0.4, 0.5) is 4.39 Å². The summed E-state index contributed by atoms with van der Waals surface area (Å²) in [4.78, 5) is 13.4. The van der Waals surface area contributed by atoms with E-state index < -0.39 is 5.82 Å². The van der Waals surface area contributed by atoms with E-state index in [1.165, 1.54) is 17.0 Å². The first kappa shape index (κ1) is 18.2. The van der Waals surface area contributed by atoms with E-state index in [0.717, 1.165) is 0 Å². The molecular formula is C13H19Cl2FN2O. The second kappa shape index (κ2) is 7.68. The van der Waals surface area contributed by atoms with Crippen LogP contribution in [0.25, 0.3) is 0 Å². The van der Waals surface area contributed by atoms with Crippen molar-refractivity contribution in [3.8, 4) is 0 Å². The molecular weight excluding hydrogens is 290 g/mol. The first-order valence-corrected chi connectivity index (χ1v) is 6.15. The highest BCUT2D eigenvalue weighted by Gasteiger charge is 2.22. The average Bonchev–Trinajstić information content (AvgIpc) is 2.31. The summed E-state index contributed by atoms with van der Waals surface area (Å²) in [6.45, 7) is 3.67. The molecule has 0 saturated heterocycles. The molecule has 0 bridgehead atoms. The fourth-order valence-corrected chi connectivity index (χ4v) is 1.79. The Morgan fingerprint density at radius 3 is 2.53 bits per heavy atom. The predicted molar refractivity (Wildman–Crippen MR) is 77.9 cm³/mol. The van der Waals surface area contributed by atoms with Crippen LogP contribution in [0.3, 0.4) is 0 Å². The Morgan fingerprint density at radius 2 is 2.05 bits per heavy atom. The van der Waals surface area contributed by atoms with Gasteiger partial charge in [-0.15, -0.1) is 12.4 Å². The van der Waals surface area contributed by atoms with Crippen LogP contribution in [0.1, 0.15) is 19.4 Å². The number of nitrogens with two attached hydrogens (primary N) is 1. The summed E-state index contributed by atoms with van der Waals surface area (Å²) in [6.07, 6.45) is 0. The van der Waals surface area contributed by atoms with Gasteiger partial charge >= 0.3 is 0 Å². The van der Waals surface area contributed by atoms with E-state index in [1.807, 2.05) is 0 Å². The van der Waals surface area contributed by atoms with Crippen molar-refractivity contribution in [2.75, 3.05) is 7.05 Å². The Hall–Kier alpha value is -0.840. The van der Waals surface area contributed by atoms with Crippen LogP contribution >= 0.6 is 24.0 Å². The lowest BCUT2D eigenvalue weighted by Crippen LogP contribution is -2.39. The van der Waals surface area contributed by atoms with Crippen molar-refractivity contribution < 1.29 is 9.18 Å². The van der Waals surface area contributed by atoms with Gasteiger partial charge < -0.3 is 10.6 Å². The van der Waals surface area contributed by atoms with Gasteiger partial charge in [0, 0.05) is 30.2 Å². The van der Waals surface area contributed by atoms with Crippen LogP contribution in [0.5, 0.6) is 0 Å². The Morgan fingerprint density at radius 1 is 1.47 bits per heavy atom. The van der Waals surface area contributed by atoms with Gasteiger partial charge in [0.05, 0.1) is 5.92 Å². The van der Waals surface area contributed by atoms with Crippen molar-refractivity contribution in [2.24, 2.45) is 11.7 Å². The van der Waals surface area contributed by atoms with Gasteiger partial charge in [-0.2, -0.15) is 0 Å². The van der Waals surface area contributed by atoms with E-state index in [-0.39, 0.29) is 36.8 Å². The molecule has 6 heteroatoms. The number of benzene rings is 1. The minimum Gasteiger partial charge on any atom is -0.341 e. The lowest BCUT2D eigenvalue weighted by atomic mass is 10.0. The molecule has 1 aromatic rings. The molecule has 2 unspecified atom stereocenters. The molecule has 0 aromatic heterocycles. The molecule has 0 spiro atoms. The van der Waals surface area contributed by atoms with Crippen LogP contribution in [0.15, 0.2) is 18.2 Å². The highest BCUT2D eigenvalue weighted by atomic mass is 35.5. The lowest BCUT2D eigenvalue weighted by Gasteiger charge is -2.24. The molecule has 0 saturated carbocycles. The van der Waals surface area contributed by atoms with Crippen molar-refractivity contribution in [2.45, 2.75) is 26.4 Å². The fraction of sp³-hybridized carbons (Fsp3) is 0.462. The SMILES string of the molecule is CC(N)C(C)C(=O)N(C)Cc1c(F)cccc1Cl.Cl. The van der Waals surface area contributed by atoms with Gasteiger partial charge in [-0.25, -0.2) is 4.39 Å². The molecule has 108 valence electrons. The van der Waals surface area contributed by atoms with Gasteiger partial charge in [-0.05, 0) is 19.1 Å². The zero-order valence-corrected chi connectivity index (χ0v) is 12.8. The third-order valence-corrected chi connectivity index (χ3v) is 3.37. The second-order valence-corrected chi connectivity index (χ2v) is 4.95. The highest BCUT2D eigenvalue weighted by Crippen LogP contribution is 2.21. The normalized spacial score (nSPS) is 13.4. The largest absolute Gasteiger partial charge is 0.341 e. The van der Waals surface area contributed by atoms with Crippen molar-refractivity contribution >= 4 is 29.9 Å². The summed E-state index contributed by atoms with van der Waals surface area (Å²) in [5.41, 5.74) is 6.01. The minimum absolute atomic E-state index is 0. The molecule has 0 heterocycles. The van der Waals surface area contributed by atoms with Crippen molar-refractivity contribution in [3.63, 3.8) is 0 Å². The number of nitrogens with zero attached hydrogens (tertiary/aromatic N) is 1. The van der Waals surface area contributed by atoms with E-state index in [1.54, 1.807) is 27.0 Å². The zero-order chi connectivity index (χ0) is 13.9. The quantitative estimate of drug-likeness (QED) is 0.929. The molecule has 2 N–H and O–H groups in total. The smallest absolute Gasteiger partial charge is 0.226 e. The molecule has 1 aromatic carbocycles. The number of hydrogen-bond donors (Lipinski definition) is 1. The highest BCUT2D eigenvalue weighted by molar-refractivity contribution is 6.31. The molecule has 1 amide bonds. The maximum Gasteiger partial charge on any atom is 0.226 e. The van der Waals surface area contributed by atoms with Gasteiger partial charge in [0.2, 0.25) is 5.91 Å². The van der Waals surface area contributed by atoms with Crippen LogP contribution in [-0.2, 0) is 11.3 Å². The molecule has 0 aliphatic carbocycles. The minimum atomic E-state index is -0.407. The number of carbonyl (C=O) groups excluding carboxylic acids is 1. The number of rotatable bonds is 4. The molecule has 1 rings (SSSR count). The zero-order valence-electron chi connectivity index (χ0n) is 11.2. The van der Waals surface area contributed by atoms with E-state index >= 15 is 0 Å². The summed E-state index contributed by atoms with van der Waals surface area (Å²) < 4.78 is 13.6. The maximum atomic E-state index is 13.6. The van der Waals surface area contributed by atoms with Crippen LogP contribution in [0.2, 0.25) is 5.02 Å². The summed E-state index contributed by atoms with van der Waals surface area (Å²) in [5, 5.41) is 0.322. The predicted octanol–water partition coefficient (Wildman–Crippen LogP) is 2.84. The molecule has 2 atom stereocenters. The number of hydrogen-bond acceptors (Lipinski definition) is 2. The number of amides is 1. The molecule has 0 aliphatic rings. The topological polar surface area (TPSA) is 46.3 Å². The first-order chi connectivity index (χ1) is 8.34. The van der Waals surface area contributed by atoms with Crippen molar-refractivity contribution in [1.82, 2.24) is 4.90 Å². The average molecular weight is 309 g/mol. The number of carbonyl (C=O) groups is 1. The van der Waals surface area contributed by atoms with E-state index in [0.29, 0.717) is 10.6 Å². The maximum absolute atomic E-state index is 13.6. The molecule has 19 heavy (non-hydrogen) atoms. The van der Waals surface area contributed by atoms with Gasteiger partial charge in [0.1, 0.15) is 5.82 Å². The van der Waals surface area contributed by atoms with Crippen LogP contribution in [-0.4, -0.2) is 23.9 Å². The Kier molecular flexibility index (Phi) is 7.34. The summed E-state index contributed by atoms with van der Waals surface area (Å²) in [7, 11) is 1.62. The summed E-state index contributed by atoms with van der Waals surface area (Å²) in [6, 6.07) is 4.23. The third kappa shape index (κ3) is 4.64. The van der Waals surface area contributed by atoms with Crippen LogP contribution in [0, 0.1) is 11.7 Å². The fourth-order valence-electron chi connectivity index (χ4n) is 1.57. The Balaban J connectivity index is 0.00000324. The van der Waals surface area contributed by atoms with E-state index in [9.17, 15) is 9.18 Å². The van der Waals surface area contributed by atoms with Gasteiger partial charge in [-0.3, -0.25) is 4.79 Å².